The van der Waals surface area contributed by atoms with Crippen LogP contribution in [0.15, 0.2) is 48.6 Å². The van der Waals surface area contributed by atoms with Crippen LogP contribution in [0.4, 0.5) is 11.4 Å². The van der Waals surface area contributed by atoms with Gasteiger partial charge in [0.25, 0.3) is 5.69 Å². The Morgan fingerprint density at radius 2 is 1.88 bits per heavy atom. The van der Waals surface area contributed by atoms with Gasteiger partial charge in [-0.1, -0.05) is 56.3 Å². The van der Waals surface area contributed by atoms with Crippen LogP contribution >= 0.6 is 0 Å². The molecule has 0 saturated carbocycles. The van der Waals surface area contributed by atoms with Crippen molar-refractivity contribution in [3.05, 3.63) is 80.9 Å². The van der Waals surface area contributed by atoms with Crippen LogP contribution in [-0.4, -0.2) is 4.92 Å². The van der Waals surface area contributed by atoms with E-state index in [2.05, 4.69) is 55.6 Å². The van der Waals surface area contributed by atoms with Gasteiger partial charge in [-0.05, 0) is 41.9 Å². The molecule has 0 radical (unpaired) electrons. The highest BCUT2D eigenvalue weighted by molar-refractivity contribution is 5.70. The molecule has 0 aromatic heterocycles. The van der Waals surface area contributed by atoms with E-state index in [1.807, 2.05) is 13.0 Å². The Morgan fingerprint density at radius 1 is 1.15 bits per heavy atom. The molecule has 4 rings (SSSR count). The van der Waals surface area contributed by atoms with E-state index in [9.17, 15) is 10.1 Å². The van der Waals surface area contributed by atoms with E-state index in [1.54, 1.807) is 6.07 Å². The van der Waals surface area contributed by atoms with Crippen molar-refractivity contribution in [3.8, 4) is 0 Å². The van der Waals surface area contributed by atoms with Crippen molar-refractivity contribution in [2.45, 2.75) is 45.1 Å². The molecule has 134 valence electrons. The predicted molar refractivity (Wildman–Crippen MR) is 105 cm³/mol. The maximum absolute atomic E-state index is 11.6. The lowest BCUT2D eigenvalue weighted by molar-refractivity contribution is -0.385. The van der Waals surface area contributed by atoms with Crippen LogP contribution in [-0.2, 0) is 0 Å². The van der Waals surface area contributed by atoms with E-state index in [-0.39, 0.29) is 22.6 Å². The zero-order chi connectivity index (χ0) is 18.4. The summed E-state index contributed by atoms with van der Waals surface area (Å²) in [7, 11) is 0. The molecule has 1 aliphatic carbocycles. The number of nitro groups is 1. The van der Waals surface area contributed by atoms with Crippen molar-refractivity contribution >= 4 is 11.4 Å². The number of nitro benzene ring substituents is 1. The lowest BCUT2D eigenvalue weighted by Crippen LogP contribution is -2.30. The molecule has 0 fully saturated rings. The third-order valence-electron chi connectivity index (χ3n) is 5.86. The number of fused-ring (bicyclic) bond motifs is 3. The first-order chi connectivity index (χ1) is 12.5. The number of nitrogens with zero attached hydrogens (tertiary/aromatic N) is 1. The Labute approximate surface area is 154 Å². The summed E-state index contributed by atoms with van der Waals surface area (Å²) in [6.45, 7) is 6.42. The number of aryl methyl sites for hydroxylation is 1. The van der Waals surface area contributed by atoms with Crippen LogP contribution in [0, 0.1) is 23.0 Å². The SMILES string of the molecule is Cc1ccc([N+](=O)[O-])c2c1NC(c1ccc(C(C)C)cc1)C1CC=CC21. The maximum Gasteiger partial charge on any atom is 0.275 e. The summed E-state index contributed by atoms with van der Waals surface area (Å²) in [5, 5.41) is 15.2. The van der Waals surface area contributed by atoms with Gasteiger partial charge in [-0.2, -0.15) is 0 Å². The van der Waals surface area contributed by atoms with Crippen molar-refractivity contribution < 1.29 is 4.92 Å². The molecule has 26 heavy (non-hydrogen) atoms. The molecule has 4 nitrogen and oxygen atoms in total. The average molecular weight is 348 g/mol. The van der Waals surface area contributed by atoms with Gasteiger partial charge >= 0.3 is 0 Å². The third-order valence-corrected chi connectivity index (χ3v) is 5.86. The first kappa shape index (κ1) is 16.8. The third kappa shape index (κ3) is 2.61. The van der Waals surface area contributed by atoms with E-state index >= 15 is 0 Å². The number of hydrogen-bond acceptors (Lipinski definition) is 3. The largest absolute Gasteiger partial charge is 0.377 e. The van der Waals surface area contributed by atoms with Crippen LogP contribution in [0.1, 0.15) is 60.4 Å². The predicted octanol–water partition coefficient (Wildman–Crippen LogP) is 5.85. The summed E-state index contributed by atoms with van der Waals surface area (Å²) in [5.74, 6) is 0.920. The Morgan fingerprint density at radius 3 is 2.54 bits per heavy atom. The first-order valence-corrected chi connectivity index (χ1v) is 9.28. The molecule has 0 spiro atoms. The van der Waals surface area contributed by atoms with Crippen LogP contribution in [0.25, 0.3) is 0 Å². The Hall–Kier alpha value is -2.62. The fourth-order valence-corrected chi connectivity index (χ4v) is 4.41. The van der Waals surface area contributed by atoms with E-state index in [1.165, 1.54) is 11.1 Å². The number of hydrogen-bond donors (Lipinski definition) is 1. The number of nitrogens with one attached hydrogen (secondary N) is 1. The van der Waals surface area contributed by atoms with Crippen molar-refractivity contribution in [2.75, 3.05) is 5.32 Å². The fraction of sp³-hybridized carbons (Fsp3) is 0.364. The minimum absolute atomic E-state index is 0.0984. The topological polar surface area (TPSA) is 55.2 Å². The highest BCUT2D eigenvalue weighted by Gasteiger charge is 2.42. The summed E-state index contributed by atoms with van der Waals surface area (Å²) in [6.07, 6.45) is 5.28. The molecular weight excluding hydrogens is 324 g/mol. The zero-order valence-electron chi connectivity index (χ0n) is 15.4. The van der Waals surface area contributed by atoms with Crippen molar-refractivity contribution in [2.24, 2.45) is 5.92 Å². The molecule has 1 aliphatic heterocycles. The zero-order valence-corrected chi connectivity index (χ0v) is 15.4. The molecule has 3 unspecified atom stereocenters. The molecule has 4 heteroatoms. The van der Waals surface area contributed by atoms with Gasteiger partial charge in [0.15, 0.2) is 0 Å². The summed E-state index contributed by atoms with van der Waals surface area (Å²) >= 11 is 0. The van der Waals surface area contributed by atoms with Gasteiger partial charge in [-0.15, -0.1) is 0 Å². The molecule has 2 aromatic carbocycles. The highest BCUT2D eigenvalue weighted by atomic mass is 16.6. The number of anilines is 1. The normalized spacial score (nSPS) is 23.5. The fourth-order valence-electron chi connectivity index (χ4n) is 4.41. The second-order valence-corrected chi connectivity index (χ2v) is 7.74. The van der Waals surface area contributed by atoms with Crippen LogP contribution in [0.3, 0.4) is 0 Å². The quantitative estimate of drug-likeness (QED) is 0.430. The van der Waals surface area contributed by atoms with Crippen LogP contribution in [0.5, 0.6) is 0 Å². The monoisotopic (exact) mass is 348 g/mol. The van der Waals surface area contributed by atoms with Gasteiger partial charge in [-0.3, -0.25) is 10.1 Å². The second kappa shape index (κ2) is 6.27. The van der Waals surface area contributed by atoms with E-state index in [0.29, 0.717) is 11.8 Å². The van der Waals surface area contributed by atoms with Crippen molar-refractivity contribution in [3.63, 3.8) is 0 Å². The number of rotatable bonds is 3. The van der Waals surface area contributed by atoms with Gasteiger partial charge in [-0.25, -0.2) is 0 Å². The van der Waals surface area contributed by atoms with Gasteiger partial charge < -0.3 is 5.32 Å². The Bertz CT molecular complexity index is 884. The molecule has 0 saturated heterocycles. The average Bonchev–Trinajstić information content (AvgIpc) is 3.11. The molecule has 1 heterocycles. The van der Waals surface area contributed by atoms with Gasteiger partial charge in [0.1, 0.15) is 0 Å². The summed E-state index contributed by atoms with van der Waals surface area (Å²) < 4.78 is 0. The molecule has 3 atom stereocenters. The van der Waals surface area contributed by atoms with Gasteiger partial charge in [0.2, 0.25) is 0 Å². The van der Waals surface area contributed by atoms with E-state index in [4.69, 9.17) is 0 Å². The maximum atomic E-state index is 11.6. The van der Waals surface area contributed by atoms with Crippen LogP contribution in [0.2, 0.25) is 0 Å². The smallest absolute Gasteiger partial charge is 0.275 e. The molecule has 1 N–H and O–H groups in total. The minimum Gasteiger partial charge on any atom is -0.377 e. The molecule has 2 aromatic rings. The summed E-state index contributed by atoms with van der Waals surface area (Å²) in [6, 6.07) is 12.5. The second-order valence-electron chi connectivity index (χ2n) is 7.74. The summed E-state index contributed by atoms with van der Waals surface area (Å²) in [5.41, 5.74) is 5.66. The standard InChI is InChI=1S/C22H24N2O2/c1-13(2)15-8-10-16(11-9-15)22-18-6-4-5-17(18)20-19(24(25)26)12-7-14(3)21(20)23-22/h4-5,7-13,17-18,22-23H,6H2,1-3H3. The lowest BCUT2D eigenvalue weighted by atomic mass is 9.75. The van der Waals surface area contributed by atoms with E-state index in [0.717, 1.165) is 23.2 Å². The van der Waals surface area contributed by atoms with Crippen LogP contribution < -0.4 is 5.32 Å². The summed E-state index contributed by atoms with van der Waals surface area (Å²) in [4.78, 5) is 11.3. The van der Waals surface area contributed by atoms with E-state index < -0.39 is 0 Å². The molecule has 2 aliphatic rings. The molecular formula is C22H24N2O2. The van der Waals surface area contributed by atoms with Crippen molar-refractivity contribution in [1.29, 1.82) is 0 Å². The first-order valence-electron chi connectivity index (χ1n) is 9.28. The number of allylic oxidation sites excluding steroid dienone is 2. The minimum atomic E-state index is -0.249. The Balaban J connectivity index is 1.80. The highest BCUT2D eigenvalue weighted by Crippen LogP contribution is 2.53. The Kier molecular flexibility index (Phi) is 4.06. The lowest BCUT2D eigenvalue weighted by Gasteiger charge is -2.38. The van der Waals surface area contributed by atoms with Gasteiger partial charge in [0, 0.05) is 17.7 Å². The molecule has 0 amide bonds. The van der Waals surface area contributed by atoms with Gasteiger partial charge in [0.05, 0.1) is 16.5 Å². The molecule has 0 bridgehead atoms. The van der Waals surface area contributed by atoms with Crippen molar-refractivity contribution in [1.82, 2.24) is 0 Å². The number of benzene rings is 2.